The monoisotopic (exact) mass is 286 g/mol. The van der Waals surface area contributed by atoms with Crippen LogP contribution >= 0.6 is 11.3 Å². The molecule has 1 aromatic carbocycles. The number of aryl methyl sites for hydroxylation is 3. The van der Waals surface area contributed by atoms with E-state index in [0.29, 0.717) is 10.5 Å². The molecule has 3 rings (SSSR count). The molecule has 0 bridgehead atoms. The number of carbonyl (C=O) groups excluding carboxylic acids is 1. The smallest absolute Gasteiger partial charge is 0.300 e. The number of aromatic nitrogens is 3. The Morgan fingerprint density at radius 2 is 2.10 bits per heavy atom. The van der Waals surface area contributed by atoms with E-state index in [4.69, 9.17) is 0 Å². The number of amides is 1. The maximum Gasteiger partial charge on any atom is 0.300 e. The topological polar surface area (TPSA) is 52.2 Å². The van der Waals surface area contributed by atoms with Gasteiger partial charge < -0.3 is 4.57 Å². The van der Waals surface area contributed by atoms with Crippen LogP contribution in [-0.2, 0) is 14.1 Å². The molecule has 0 fully saturated rings. The predicted octanol–water partition coefficient (Wildman–Crippen LogP) is 2.02. The van der Waals surface area contributed by atoms with Crippen molar-refractivity contribution < 1.29 is 4.79 Å². The number of thiazole rings is 1. The van der Waals surface area contributed by atoms with Crippen molar-refractivity contribution in [1.82, 2.24) is 14.3 Å². The maximum absolute atomic E-state index is 12.1. The third-order valence-corrected chi connectivity index (χ3v) is 4.19. The average molecular weight is 286 g/mol. The molecule has 1 amide bonds. The summed E-state index contributed by atoms with van der Waals surface area (Å²) in [4.78, 5) is 16.9. The minimum Gasteiger partial charge on any atom is -0.319 e. The molecule has 0 spiro atoms. The number of nitrogens with zero attached hydrogens (tertiary/aromatic N) is 4. The fraction of sp³-hybridized carbons (Fsp3) is 0.214. The SMILES string of the molecule is Cc1ccc2c(c1)sc(=NC(=O)c1ccn(C)n1)n2C. The van der Waals surface area contributed by atoms with Crippen LogP contribution in [0.15, 0.2) is 35.5 Å². The normalized spacial score (nSPS) is 12.2. The average Bonchev–Trinajstić information content (AvgIpc) is 2.95. The molecule has 0 unspecified atom stereocenters. The zero-order valence-electron chi connectivity index (χ0n) is 11.5. The second-order valence-electron chi connectivity index (χ2n) is 4.71. The van der Waals surface area contributed by atoms with Gasteiger partial charge in [0.1, 0.15) is 0 Å². The highest BCUT2D eigenvalue weighted by Crippen LogP contribution is 2.17. The lowest BCUT2D eigenvalue weighted by Gasteiger charge is -1.95. The van der Waals surface area contributed by atoms with Crippen LogP contribution in [0.25, 0.3) is 10.2 Å². The van der Waals surface area contributed by atoms with E-state index in [2.05, 4.69) is 29.1 Å². The zero-order chi connectivity index (χ0) is 14.3. The van der Waals surface area contributed by atoms with Gasteiger partial charge >= 0.3 is 0 Å². The number of benzene rings is 1. The molecule has 0 saturated carbocycles. The third-order valence-electron chi connectivity index (χ3n) is 3.09. The Morgan fingerprint density at radius 3 is 2.80 bits per heavy atom. The van der Waals surface area contributed by atoms with E-state index < -0.39 is 0 Å². The van der Waals surface area contributed by atoms with Crippen LogP contribution < -0.4 is 4.80 Å². The quantitative estimate of drug-likeness (QED) is 0.687. The van der Waals surface area contributed by atoms with Gasteiger partial charge in [-0.05, 0) is 30.7 Å². The molecule has 2 heterocycles. The van der Waals surface area contributed by atoms with Gasteiger partial charge in [0.15, 0.2) is 10.5 Å². The Morgan fingerprint density at radius 1 is 1.30 bits per heavy atom. The molecule has 6 heteroatoms. The van der Waals surface area contributed by atoms with Gasteiger partial charge in [-0.3, -0.25) is 9.48 Å². The summed E-state index contributed by atoms with van der Waals surface area (Å²) in [6, 6.07) is 7.87. The molecule has 0 N–H and O–H groups in total. The van der Waals surface area contributed by atoms with Crippen LogP contribution in [0.3, 0.4) is 0 Å². The molecule has 0 atom stereocenters. The first-order valence-electron chi connectivity index (χ1n) is 6.19. The second-order valence-corrected chi connectivity index (χ2v) is 5.72. The summed E-state index contributed by atoms with van der Waals surface area (Å²) in [5.74, 6) is -0.315. The van der Waals surface area contributed by atoms with Crippen molar-refractivity contribution in [2.24, 2.45) is 19.1 Å². The Kier molecular flexibility index (Phi) is 3.02. The first-order chi connectivity index (χ1) is 9.54. The van der Waals surface area contributed by atoms with Gasteiger partial charge in [-0.2, -0.15) is 10.1 Å². The summed E-state index contributed by atoms with van der Waals surface area (Å²) in [5, 5.41) is 4.07. The van der Waals surface area contributed by atoms with Gasteiger partial charge in [0.2, 0.25) is 0 Å². The van der Waals surface area contributed by atoms with E-state index in [-0.39, 0.29) is 5.91 Å². The van der Waals surface area contributed by atoms with Crippen molar-refractivity contribution in [3.05, 3.63) is 46.5 Å². The minimum atomic E-state index is -0.315. The zero-order valence-corrected chi connectivity index (χ0v) is 12.3. The molecule has 20 heavy (non-hydrogen) atoms. The van der Waals surface area contributed by atoms with Gasteiger partial charge in [-0.25, -0.2) is 0 Å². The van der Waals surface area contributed by atoms with Gasteiger partial charge in [0.25, 0.3) is 5.91 Å². The van der Waals surface area contributed by atoms with Crippen LogP contribution in [-0.4, -0.2) is 20.3 Å². The molecule has 5 nitrogen and oxygen atoms in total. The van der Waals surface area contributed by atoms with Crippen molar-refractivity contribution >= 4 is 27.5 Å². The summed E-state index contributed by atoms with van der Waals surface area (Å²) >= 11 is 1.51. The van der Waals surface area contributed by atoms with Crippen molar-refractivity contribution in [3.8, 4) is 0 Å². The van der Waals surface area contributed by atoms with Gasteiger partial charge in [-0.1, -0.05) is 17.4 Å². The van der Waals surface area contributed by atoms with Crippen molar-refractivity contribution in [3.63, 3.8) is 0 Å². The highest BCUT2D eigenvalue weighted by molar-refractivity contribution is 7.16. The number of carbonyl (C=O) groups is 1. The summed E-state index contributed by atoms with van der Waals surface area (Å²) < 4.78 is 4.65. The van der Waals surface area contributed by atoms with E-state index in [0.717, 1.165) is 10.2 Å². The lowest BCUT2D eigenvalue weighted by molar-refractivity contribution is 0.0992. The number of fused-ring (bicyclic) bond motifs is 1. The summed E-state index contributed by atoms with van der Waals surface area (Å²) in [5.41, 5.74) is 2.64. The summed E-state index contributed by atoms with van der Waals surface area (Å²) in [7, 11) is 3.69. The van der Waals surface area contributed by atoms with Crippen molar-refractivity contribution in [2.75, 3.05) is 0 Å². The van der Waals surface area contributed by atoms with E-state index in [9.17, 15) is 4.79 Å². The van der Waals surface area contributed by atoms with E-state index in [1.165, 1.54) is 16.9 Å². The molecule has 0 saturated heterocycles. The molecular formula is C14H14N4OS. The van der Waals surface area contributed by atoms with Crippen LogP contribution in [0, 0.1) is 6.92 Å². The first kappa shape index (κ1) is 12.8. The fourth-order valence-electron chi connectivity index (χ4n) is 2.02. The van der Waals surface area contributed by atoms with E-state index >= 15 is 0 Å². The molecule has 3 aromatic rings. The Labute approximate surface area is 119 Å². The molecule has 0 aliphatic rings. The Bertz CT molecular complexity index is 869. The third kappa shape index (κ3) is 2.18. The van der Waals surface area contributed by atoms with Gasteiger partial charge in [0, 0.05) is 20.3 Å². The number of hydrogen-bond donors (Lipinski definition) is 0. The van der Waals surface area contributed by atoms with Gasteiger partial charge in [-0.15, -0.1) is 0 Å². The highest BCUT2D eigenvalue weighted by atomic mass is 32.1. The second kappa shape index (κ2) is 4.72. The molecular weight excluding hydrogens is 272 g/mol. The van der Waals surface area contributed by atoms with Gasteiger partial charge in [0.05, 0.1) is 10.2 Å². The number of rotatable bonds is 1. The molecule has 0 aliphatic carbocycles. The van der Waals surface area contributed by atoms with Crippen LogP contribution in [0.4, 0.5) is 0 Å². The Balaban J connectivity index is 2.12. The predicted molar refractivity (Wildman–Crippen MR) is 78.6 cm³/mol. The molecule has 0 aliphatic heterocycles. The van der Waals surface area contributed by atoms with E-state index in [1.807, 2.05) is 17.7 Å². The summed E-state index contributed by atoms with van der Waals surface area (Å²) in [6.07, 6.45) is 1.73. The fourth-order valence-corrected chi connectivity index (χ4v) is 3.14. The highest BCUT2D eigenvalue weighted by Gasteiger charge is 2.09. The van der Waals surface area contributed by atoms with Crippen LogP contribution in [0.5, 0.6) is 0 Å². The lowest BCUT2D eigenvalue weighted by atomic mass is 10.2. The minimum absolute atomic E-state index is 0.315. The molecule has 102 valence electrons. The Hall–Kier alpha value is -2.21. The van der Waals surface area contributed by atoms with Crippen molar-refractivity contribution in [1.29, 1.82) is 0 Å². The standard InChI is InChI=1S/C14H14N4OS/c1-9-4-5-11-12(8-9)20-14(18(11)3)15-13(19)10-6-7-17(2)16-10/h4-8H,1-3H3. The van der Waals surface area contributed by atoms with Crippen LogP contribution in [0.1, 0.15) is 16.1 Å². The number of hydrogen-bond acceptors (Lipinski definition) is 3. The molecule has 0 radical (unpaired) electrons. The summed E-state index contributed by atoms with van der Waals surface area (Å²) in [6.45, 7) is 2.05. The van der Waals surface area contributed by atoms with E-state index in [1.54, 1.807) is 24.0 Å². The van der Waals surface area contributed by atoms with Crippen LogP contribution in [0.2, 0.25) is 0 Å². The molecule has 2 aromatic heterocycles. The lowest BCUT2D eigenvalue weighted by Crippen LogP contribution is -2.13. The maximum atomic E-state index is 12.1. The van der Waals surface area contributed by atoms with Crippen molar-refractivity contribution in [2.45, 2.75) is 6.92 Å². The first-order valence-corrected chi connectivity index (χ1v) is 7.01. The largest absolute Gasteiger partial charge is 0.319 e.